The molecule has 1 N–H and O–H groups in total. The van der Waals surface area contributed by atoms with Crippen LogP contribution in [-0.4, -0.2) is 11.9 Å². The SMILES string of the molecule is Cc1ccc(C(C(=O)NC(C)C)C(C)C)cc1. The van der Waals surface area contributed by atoms with Crippen molar-refractivity contribution < 1.29 is 4.79 Å². The van der Waals surface area contributed by atoms with Crippen LogP contribution < -0.4 is 5.32 Å². The van der Waals surface area contributed by atoms with Crippen molar-refractivity contribution >= 4 is 5.91 Å². The molecule has 1 atom stereocenters. The second kappa shape index (κ2) is 5.85. The van der Waals surface area contributed by atoms with Crippen LogP contribution in [0.1, 0.15) is 44.7 Å². The van der Waals surface area contributed by atoms with Crippen molar-refractivity contribution in [2.75, 3.05) is 0 Å². The Morgan fingerprint density at radius 2 is 1.59 bits per heavy atom. The Morgan fingerprint density at radius 3 is 2.00 bits per heavy atom. The normalized spacial score (nSPS) is 12.9. The van der Waals surface area contributed by atoms with Gasteiger partial charge >= 0.3 is 0 Å². The Balaban J connectivity index is 2.93. The first-order valence-corrected chi connectivity index (χ1v) is 6.28. The largest absolute Gasteiger partial charge is 0.353 e. The smallest absolute Gasteiger partial charge is 0.227 e. The van der Waals surface area contributed by atoms with Crippen molar-refractivity contribution in [1.29, 1.82) is 0 Å². The van der Waals surface area contributed by atoms with Crippen molar-refractivity contribution in [3.05, 3.63) is 35.4 Å². The summed E-state index contributed by atoms with van der Waals surface area (Å²) in [6.45, 7) is 10.2. The van der Waals surface area contributed by atoms with Crippen LogP contribution in [-0.2, 0) is 4.79 Å². The van der Waals surface area contributed by atoms with Crippen LogP contribution in [0.25, 0.3) is 0 Å². The van der Waals surface area contributed by atoms with E-state index in [0.717, 1.165) is 5.56 Å². The van der Waals surface area contributed by atoms with Crippen LogP contribution in [0, 0.1) is 12.8 Å². The van der Waals surface area contributed by atoms with E-state index in [-0.39, 0.29) is 17.9 Å². The molecule has 0 saturated heterocycles. The second-order valence-corrected chi connectivity index (χ2v) is 5.30. The number of amides is 1. The fourth-order valence-electron chi connectivity index (χ4n) is 1.99. The van der Waals surface area contributed by atoms with Crippen molar-refractivity contribution in [1.82, 2.24) is 5.32 Å². The molecule has 1 amide bonds. The first-order valence-electron chi connectivity index (χ1n) is 6.28. The van der Waals surface area contributed by atoms with Gasteiger partial charge in [0, 0.05) is 6.04 Å². The summed E-state index contributed by atoms with van der Waals surface area (Å²) in [5.41, 5.74) is 2.32. The van der Waals surface area contributed by atoms with Crippen molar-refractivity contribution in [2.45, 2.75) is 46.6 Å². The molecule has 0 fully saturated rings. The van der Waals surface area contributed by atoms with Crippen LogP contribution in [0.4, 0.5) is 0 Å². The minimum atomic E-state index is -0.0574. The molecule has 1 rings (SSSR count). The predicted octanol–water partition coefficient (Wildman–Crippen LogP) is 3.26. The number of benzene rings is 1. The van der Waals surface area contributed by atoms with Gasteiger partial charge in [-0.25, -0.2) is 0 Å². The summed E-state index contributed by atoms with van der Waals surface area (Å²) in [4.78, 5) is 12.2. The van der Waals surface area contributed by atoms with E-state index in [0.29, 0.717) is 5.92 Å². The van der Waals surface area contributed by atoms with Gasteiger partial charge in [-0.3, -0.25) is 4.79 Å². The highest BCUT2D eigenvalue weighted by Gasteiger charge is 2.24. The van der Waals surface area contributed by atoms with Crippen LogP contribution in [0.3, 0.4) is 0 Å². The zero-order valence-corrected chi connectivity index (χ0v) is 11.4. The van der Waals surface area contributed by atoms with Crippen molar-refractivity contribution in [3.8, 4) is 0 Å². The molecule has 0 radical (unpaired) electrons. The summed E-state index contributed by atoms with van der Waals surface area (Å²) in [6, 6.07) is 8.43. The van der Waals surface area contributed by atoms with E-state index in [1.165, 1.54) is 5.56 Å². The topological polar surface area (TPSA) is 29.1 Å². The lowest BCUT2D eigenvalue weighted by atomic mass is 9.87. The molecule has 0 aliphatic carbocycles. The van der Waals surface area contributed by atoms with Crippen LogP contribution >= 0.6 is 0 Å². The lowest BCUT2D eigenvalue weighted by molar-refractivity contribution is -0.124. The third-order valence-corrected chi connectivity index (χ3v) is 2.82. The van der Waals surface area contributed by atoms with E-state index >= 15 is 0 Å². The summed E-state index contributed by atoms with van der Waals surface area (Å²) < 4.78 is 0. The van der Waals surface area contributed by atoms with Crippen LogP contribution in [0.15, 0.2) is 24.3 Å². The average Bonchev–Trinajstić information content (AvgIpc) is 2.19. The molecule has 0 aliphatic rings. The summed E-state index contributed by atoms with van der Waals surface area (Å²) in [5, 5.41) is 3.00. The number of hydrogen-bond donors (Lipinski definition) is 1. The standard InChI is InChI=1S/C15H23NO/c1-10(2)14(15(17)16-11(3)4)13-8-6-12(5)7-9-13/h6-11,14H,1-5H3,(H,16,17). The average molecular weight is 233 g/mol. The number of aryl methyl sites for hydroxylation is 1. The quantitative estimate of drug-likeness (QED) is 0.849. The lowest BCUT2D eigenvalue weighted by Gasteiger charge is -2.22. The number of carbonyl (C=O) groups is 1. The molecule has 0 aromatic heterocycles. The van der Waals surface area contributed by atoms with E-state index in [1.807, 2.05) is 13.8 Å². The van der Waals surface area contributed by atoms with Crippen LogP contribution in [0.2, 0.25) is 0 Å². The maximum absolute atomic E-state index is 12.2. The summed E-state index contributed by atoms with van der Waals surface area (Å²) in [7, 11) is 0. The first kappa shape index (κ1) is 13.8. The molecule has 1 unspecified atom stereocenters. The molecule has 0 bridgehead atoms. The summed E-state index contributed by atoms with van der Waals surface area (Å²) in [6.07, 6.45) is 0. The lowest BCUT2D eigenvalue weighted by Crippen LogP contribution is -2.36. The molecule has 2 heteroatoms. The van der Waals surface area contributed by atoms with E-state index in [1.54, 1.807) is 0 Å². The van der Waals surface area contributed by atoms with E-state index in [4.69, 9.17) is 0 Å². The Morgan fingerprint density at radius 1 is 1.06 bits per heavy atom. The van der Waals surface area contributed by atoms with Gasteiger partial charge in [0.05, 0.1) is 5.92 Å². The number of carbonyl (C=O) groups excluding carboxylic acids is 1. The molecule has 0 aliphatic heterocycles. The van der Waals surface area contributed by atoms with Crippen molar-refractivity contribution in [2.24, 2.45) is 5.92 Å². The highest BCUT2D eigenvalue weighted by Crippen LogP contribution is 2.25. The fraction of sp³-hybridized carbons (Fsp3) is 0.533. The molecule has 0 heterocycles. The Kier molecular flexibility index (Phi) is 4.73. The number of hydrogen-bond acceptors (Lipinski definition) is 1. The van der Waals surface area contributed by atoms with Gasteiger partial charge in [0.2, 0.25) is 5.91 Å². The summed E-state index contributed by atoms with van der Waals surface area (Å²) in [5.74, 6) is 0.369. The minimum absolute atomic E-state index is 0.0574. The van der Waals surface area contributed by atoms with Gasteiger partial charge in [-0.1, -0.05) is 43.7 Å². The second-order valence-electron chi connectivity index (χ2n) is 5.30. The molecule has 0 saturated carbocycles. The fourth-order valence-corrected chi connectivity index (χ4v) is 1.99. The molecular formula is C15H23NO. The van der Waals surface area contributed by atoms with E-state index in [9.17, 15) is 4.79 Å². The molecule has 1 aromatic rings. The molecule has 1 aromatic carbocycles. The third-order valence-electron chi connectivity index (χ3n) is 2.82. The third kappa shape index (κ3) is 3.88. The van der Waals surface area contributed by atoms with Crippen molar-refractivity contribution in [3.63, 3.8) is 0 Å². The number of nitrogens with one attached hydrogen (secondary N) is 1. The van der Waals surface area contributed by atoms with Gasteiger partial charge in [-0.05, 0) is 32.3 Å². The number of rotatable bonds is 4. The van der Waals surface area contributed by atoms with E-state index < -0.39 is 0 Å². The molecule has 17 heavy (non-hydrogen) atoms. The van der Waals surface area contributed by atoms with E-state index in [2.05, 4.69) is 50.4 Å². The molecular weight excluding hydrogens is 210 g/mol. The molecule has 94 valence electrons. The zero-order valence-electron chi connectivity index (χ0n) is 11.4. The van der Waals surface area contributed by atoms with Gasteiger partial charge in [0.15, 0.2) is 0 Å². The maximum Gasteiger partial charge on any atom is 0.227 e. The van der Waals surface area contributed by atoms with Gasteiger partial charge in [-0.15, -0.1) is 0 Å². The predicted molar refractivity (Wildman–Crippen MR) is 72.0 cm³/mol. The van der Waals surface area contributed by atoms with Gasteiger partial charge < -0.3 is 5.32 Å². The summed E-state index contributed by atoms with van der Waals surface area (Å²) >= 11 is 0. The van der Waals surface area contributed by atoms with Gasteiger partial charge in [-0.2, -0.15) is 0 Å². The molecule has 0 spiro atoms. The monoisotopic (exact) mass is 233 g/mol. The van der Waals surface area contributed by atoms with Crippen LogP contribution in [0.5, 0.6) is 0 Å². The Bertz CT molecular complexity index is 365. The maximum atomic E-state index is 12.2. The Hall–Kier alpha value is -1.31. The Labute approximate surface area is 104 Å². The highest BCUT2D eigenvalue weighted by molar-refractivity contribution is 5.84. The highest BCUT2D eigenvalue weighted by atomic mass is 16.1. The van der Waals surface area contributed by atoms with Gasteiger partial charge in [0.25, 0.3) is 0 Å². The zero-order chi connectivity index (χ0) is 13.0. The van der Waals surface area contributed by atoms with Gasteiger partial charge in [0.1, 0.15) is 0 Å². The molecule has 2 nitrogen and oxygen atoms in total. The first-order chi connectivity index (χ1) is 7.91. The minimum Gasteiger partial charge on any atom is -0.353 e.